The number of nitrogens with zero attached hydrogens (tertiary/aromatic N) is 4. The van der Waals surface area contributed by atoms with E-state index < -0.39 is 11.9 Å². The van der Waals surface area contributed by atoms with Crippen LogP contribution >= 0.6 is 11.6 Å². The predicted molar refractivity (Wildman–Crippen MR) is 71.0 cm³/mol. The van der Waals surface area contributed by atoms with Gasteiger partial charge >= 0.3 is 6.18 Å². The van der Waals surface area contributed by atoms with E-state index in [0.29, 0.717) is 16.4 Å². The third-order valence-electron chi connectivity index (χ3n) is 2.96. The normalized spacial score (nSPS) is 12.0. The lowest BCUT2D eigenvalue weighted by Crippen LogP contribution is -2.12. The first kappa shape index (κ1) is 13.8. The number of hydrogen-bond donors (Lipinski definition) is 0. The minimum atomic E-state index is -4.52. The summed E-state index contributed by atoms with van der Waals surface area (Å²) in [5.74, 6) is 0.309. The van der Waals surface area contributed by atoms with E-state index in [2.05, 4.69) is 15.2 Å². The molecule has 0 fully saturated rings. The van der Waals surface area contributed by atoms with Crippen molar-refractivity contribution in [2.75, 3.05) is 0 Å². The highest BCUT2D eigenvalue weighted by molar-refractivity contribution is 6.30. The van der Waals surface area contributed by atoms with Gasteiger partial charge in [-0.25, -0.2) is 4.98 Å². The largest absolute Gasteiger partial charge is 0.433 e. The first-order chi connectivity index (χ1) is 9.86. The quantitative estimate of drug-likeness (QED) is 0.687. The summed E-state index contributed by atoms with van der Waals surface area (Å²) in [7, 11) is 0. The molecule has 3 aromatic rings. The number of alkyl halides is 3. The standard InChI is InChI=1S/C13H8ClF3N4/c1-7-6-21-11(8-2-4-9(14)5-3-8)19-20-12(21)18-10(7)13(15,16)17/h2-6H,1H3. The summed E-state index contributed by atoms with van der Waals surface area (Å²) in [6, 6.07) is 6.77. The van der Waals surface area contributed by atoms with Gasteiger partial charge in [0.15, 0.2) is 11.5 Å². The SMILES string of the molecule is Cc1cn2c(-c3ccc(Cl)cc3)nnc2nc1C(F)(F)F. The van der Waals surface area contributed by atoms with E-state index in [0.717, 1.165) is 0 Å². The average Bonchev–Trinajstić information content (AvgIpc) is 2.80. The molecule has 0 aliphatic heterocycles. The molecule has 3 rings (SSSR count). The van der Waals surface area contributed by atoms with Crippen LogP contribution in [0.2, 0.25) is 5.02 Å². The molecule has 0 radical (unpaired) electrons. The maximum absolute atomic E-state index is 12.8. The Morgan fingerprint density at radius 3 is 2.38 bits per heavy atom. The van der Waals surface area contributed by atoms with Gasteiger partial charge in [-0.1, -0.05) is 11.6 Å². The van der Waals surface area contributed by atoms with Gasteiger partial charge in [-0.15, -0.1) is 10.2 Å². The second kappa shape index (κ2) is 4.70. The van der Waals surface area contributed by atoms with Crippen molar-refractivity contribution in [3.63, 3.8) is 0 Å². The second-order valence-electron chi connectivity index (χ2n) is 4.47. The number of fused-ring (bicyclic) bond motifs is 1. The molecule has 1 aromatic carbocycles. The molecule has 0 spiro atoms. The molecule has 4 nitrogen and oxygen atoms in total. The lowest BCUT2D eigenvalue weighted by Gasteiger charge is -2.09. The van der Waals surface area contributed by atoms with Gasteiger partial charge in [-0.2, -0.15) is 13.2 Å². The molecular formula is C13H8ClF3N4. The summed E-state index contributed by atoms with van der Waals surface area (Å²) in [6.07, 6.45) is -3.19. The van der Waals surface area contributed by atoms with Crippen LogP contribution in [0.3, 0.4) is 0 Å². The van der Waals surface area contributed by atoms with Crippen LogP contribution in [-0.2, 0) is 6.18 Å². The summed E-state index contributed by atoms with van der Waals surface area (Å²) < 4.78 is 39.9. The molecule has 0 saturated heterocycles. The average molecular weight is 313 g/mol. The van der Waals surface area contributed by atoms with E-state index in [9.17, 15) is 13.2 Å². The highest BCUT2D eigenvalue weighted by Gasteiger charge is 2.35. The molecule has 0 aliphatic carbocycles. The third kappa shape index (κ3) is 2.44. The van der Waals surface area contributed by atoms with E-state index in [-0.39, 0.29) is 11.3 Å². The Morgan fingerprint density at radius 2 is 1.76 bits per heavy atom. The molecule has 0 unspecified atom stereocenters. The summed E-state index contributed by atoms with van der Waals surface area (Å²) in [4.78, 5) is 3.55. The topological polar surface area (TPSA) is 43.1 Å². The van der Waals surface area contributed by atoms with Crippen LogP contribution in [0.5, 0.6) is 0 Å². The van der Waals surface area contributed by atoms with E-state index in [1.165, 1.54) is 17.5 Å². The van der Waals surface area contributed by atoms with Crippen molar-refractivity contribution < 1.29 is 13.2 Å². The predicted octanol–water partition coefficient (Wildman–Crippen LogP) is 3.77. The fraction of sp³-hybridized carbons (Fsp3) is 0.154. The van der Waals surface area contributed by atoms with Crippen LogP contribution in [0.1, 0.15) is 11.3 Å². The molecule has 2 aromatic heterocycles. The van der Waals surface area contributed by atoms with E-state index in [1.807, 2.05) is 0 Å². The van der Waals surface area contributed by atoms with E-state index in [4.69, 9.17) is 11.6 Å². The van der Waals surface area contributed by atoms with Crippen molar-refractivity contribution in [1.82, 2.24) is 19.6 Å². The van der Waals surface area contributed by atoms with Gasteiger partial charge in [0.25, 0.3) is 5.78 Å². The second-order valence-corrected chi connectivity index (χ2v) is 4.91. The van der Waals surface area contributed by atoms with Gasteiger partial charge in [-0.3, -0.25) is 4.40 Å². The molecule has 2 heterocycles. The Balaban J connectivity index is 2.19. The molecule has 0 atom stereocenters. The minimum absolute atomic E-state index is 0.00464. The first-order valence-corrected chi connectivity index (χ1v) is 6.29. The monoisotopic (exact) mass is 312 g/mol. The molecule has 0 bridgehead atoms. The summed E-state index contributed by atoms with van der Waals surface area (Å²) >= 11 is 5.81. The van der Waals surface area contributed by atoms with Gasteiger partial charge in [0.1, 0.15) is 0 Å². The number of aryl methyl sites for hydroxylation is 1. The van der Waals surface area contributed by atoms with Crippen LogP contribution < -0.4 is 0 Å². The van der Waals surface area contributed by atoms with Gasteiger partial charge in [0.2, 0.25) is 0 Å². The van der Waals surface area contributed by atoms with Gasteiger partial charge in [-0.05, 0) is 36.8 Å². The zero-order chi connectivity index (χ0) is 15.2. The summed E-state index contributed by atoms with van der Waals surface area (Å²) in [5, 5.41) is 8.16. The van der Waals surface area contributed by atoms with Crippen molar-refractivity contribution in [3.8, 4) is 11.4 Å². The smallest absolute Gasteiger partial charge is 0.266 e. The van der Waals surface area contributed by atoms with Crippen molar-refractivity contribution >= 4 is 17.4 Å². The molecule has 0 N–H and O–H groups in total. The molecule has 0 aliphatic rings. The van der Waals surface area contributed by atoms with Gasteiger partial charge in [0.05, 0.1) is 0 Å². The molecule has 0 saturated carbocycles. The van der Waals surface area contributed by atoms with Crippen molar-refractivity contribution in [3.05, 3.63) is 46.7 Å². The fourth-order valence-corrected chi connectivity index (χ4v) is 2.13. The molecule has 108 valence electrons. The molecular weight excluding hydrogens is 305 g/mol. The Bertz CT molecular complexity index is 809. The van der Waals surface area contributed by atoms with Crippen LogP contribution in [0.4, 0.5) is 13.2 Å². The Hall–Kier alpha value is -2.15. The maximum Gasteiger partial charge on any atom is 0.433 e. The summed E-state index contributed by atoms with van der Waals surface area (Å²) in [5.41, 5.74) is -0.261. The minimum Gasteiger partial charge on any atom is -0.266 e. The summed E-state index contributed by atoms with van der Waals surface area (Å²) in [6.45, 7) is 1.35. The number of aromatic nitrogens is 4. The van der Waals surface area contributed by atoms with E-state index in [1.54, 1.807) is 24.3 Å². The van der Waals surface area contributed by atoms with Crippen LogP contribution in [0, 0.1) is 6.92 Å². The highest BCUT2D eigenvalue weighted by atomic mass is 35.5. The van der Waals surface area contributed by atoms with Gasteiger partial charge < -0.3 is 0 Å². The zero-order valence-corrected chi connectivity index (χ0v) is 11.4. The molecule has 0 amide bonds. The number of halogens is 4. The molecule has 8 heteroatoms. The zero-order valence-electron chi connectivity index (χ0n) is 10.7. The first-order valence-electron chi connectivity index (χ1n) is 5.92. The highest BCUT2D eigenvalue weighted by Crippen LogP contribution is 2.31. The van der Waals surface area contributed by atoms with Crippen LogP contribution in [0.25, 0.3) is 17.2 Å². The van der Waals surface area contributed by atoms with Crippen molar-refractivity contribution in [1.29, 1.82) is 0 Å². The Labute approximate surface area is 122 Å². The number of hydrogen-bond acceptors (Lipinski definition) is 3. The lowest BCUT2D eigenvalue weighted by molar-refractivity contribution is -0.141. The van der Waals surface area contributed by atoms with Crippen molar-refractivity contribution in [2.45, 2.75) is 13.1 Å². The number of benzene rings is 1. The van der Waals surface area contributed by atoms with Gasteiger partial charge in [0, 0.05) is 16.8 Å². The Morgan fingerprint density at radius 1 is 1.10 bits per heavy atom. The maximum atomic E-state index is 12.8. The fourth-order valence-electron chi connectivity index (χ4n) is 2.00. The Kier molecular flexibility index (Phi) is 3.09. The van der Waals surface area contributed by atoms with E-state index >= 15 is 0 Å². The lowest BCUT2D eigenvalue weighted by atomic mass is 10.2. The van der Waals surface area contributed by atoms with Crippen LogP contribution in [0.15, 0.2) is 30.5 Å². The third-order valence-corrected chi connectivity index (χ3v) is 3.21. The van der Waals surface area contributed by atoms with Crippen molar-refractivity contribution in [2.24, 2.45) is 0 Å². The molecule has 21 heavy (non-hydrogen) atoms. The van der Waals surface area contributed by atoms with Crippen LogP contribution in [-0.4, -0.2) is 19.6 Å². The number of rotatable bonds is 1.